The monoisotopic (exact) mass is 550 g/mol. The Morgan fingerprint density at radius 2 is 1.54 bits per heavy atom. The number of hydrogen-bond donors (Lipinski definition) is 1. The highest BCUT2D eigenvalue weighted by molar-refractivity contribution is 7.61. The SMILES string of the molecule is COc1ccccc1NC(=O)CCOc1nc(-c2ncccn2)nc(N=S(=O)=O)c1Oc1ccccc1OC. The van der Waals surface area contributed by atoms with Gasteiger partial charge < -0.3 is 24.3 Å². The van der Waals surface area contributed by atoms with Crippen molar-refractivity contribution in [1.82, 2.24) is 19.9 Å². The largest absolute Gasteiger partial charge is 0.495 e. The minimum absolute atomic E-state index is 0.0688. The summed E-state index contributed by atoms with van der Waals surface area (Å²) in [6.07, 6.45) is 2.85. The Bertz CT molecular complexity index is 1590. The number of methoxy groups -OCH3 is 2. The molecular weight excluding hydrogens is 528 g/mol. The van der Waals surface area contributed by atoms with Crippen LogP contribution in [0.5, 0.6) is 28.9 Å². The molecule has 0 aliphatic heterocycles. The number of nitrogens with zero attached hydrogens (tertiary/aromatic N) is 5. The molecule has 1 amide bonds. The lowest BCUT2D eigenvalue weighted by Gasteiger charge is -2.15. The number of carbonyl (C=O) groups excluding carboxylic acids is 1. The van der Waals surface area contributed by atoms with Crippen LogP contribution in [-0.2, 0) is 15.3 Å². The number of aromatic nitrogens is 4. The van der Waals surface area contributed by atoms with Crippen LogP contribution in [0.1, 0.15) is 6.42 Å². The molecule has 0 bridgehead atoms. The highest BCUT2D eigenvalue weighted by Crippen LogP contribution is 2.41. The van der Waals surface area contributed by atoms with Crippen molar-refractivity contribution in [3.8, 4) is 40.5 Å². The number of nitrogens with one attached hydrogen (secondary N) is 1. The molecule has 0 aliphatic carbocycles. The minimum Gasteiger partial charge on any atom is -0.495 e. The molecule has 200 valence electrons. The zero-order chi connectivity index (χ0) is 27.6. The number of anilines is 1. The lowest BCUT2D eigenvalue weighted by atomic mass is 10.3. The summed E-state index contributed by atoms with van der Waals surface area (Å²) in [5, 5.41) is 2.75. The van der Waals surface area contributed by atoms with Crippen molar-refractivity contribution in [2.75, 3.05) is 26.1 Å². The smallest absolute Gasteiger partial charge is 0.318 e. The number of carbonyl (C=O) groups is 1. The van der Waals surface area contributed by atoms with Gasteiger partial charge in [0, 0.05) is 12.4 Å². The molecule has 0 saturated carbocycles. The second-order valence-electron chi connectivity index (χ2n) is 7.49. The van der Waals surface area contributed by atoms with Crippen molar-refractivity contribution < 1.29 is 32.2 Å². The summed E-state index contributed by atoms with van der Waals surface area (Å²) in [6, 6.07) is 15.2. The topological polar surface area (TPSA) is 164 Å². The third-order valence-electron chi connectivity index (χ3n) is 4.97. The molecular formula is C25H22N6O7S. The Morgan fingerprint density at radius 1 is 0.872 bits per heavy atom. The average molecular weight is 551 g/mol. The van der Waals surface area contributed by atoms with Crippen molar-refractivity contribution in [1.29, 1.82) is 0 Å². The summed E-state index contributed by atoms with van der Waals surface area (Å²) in [6.45, 7) is -0.157. The van der Waals surface area contributed by atoms with Gasteiger partial charge in [-0.15, -0.1) is 4.36 Å². The van der Waals surface area contributed by atoms with E-state index in [1.165, 1.54) is 26.6 Å². The third-order valence-corrected chi connectivity index (χ3v) is 5.30. The van der Waals surface area contributed by atoms with E-state index in [0.29, 0.717) is 17.2 Å². The summed E-state index contributed by atoms with van der Waals surface area (Å²) in [7, 11) is 0.0440. The number of amides is 1. The summed E-state index contributed by atoms with van der Waals surface area (Å²) >= 11 is 0. The lowest BCUT2D eigenvalue weighted by molar-refractivity contribution is -0.116. The highest BCUT2D eigenvalue weighted by atomic mass is 32.2. The van der Waals surface area contributed by atoms with Crippen LogP contribution >= 0.6 is 0 Å². The van der Waals surface area contributed by atoms with Gasteiger partial charge in [0.1, 0.15) is 5.75 Å². The van der Waals surface area contributed by atoms with E-state index in [9.17, 15) is 13.2 Å². The fourth-order valence-corrected chi connectivity index (χ4v) is 3.53. The zero-order valence-corrected chi connectivity index (χ0v) is 21.6. The predicted molar refractivity (Wildman–Crippen MR) is 139 cm³/mol. The van der Waals surface area contributed by atoms with E-state index in [0.717, 1.165) is 0 Å². The first-order valence-corrected chi connectivity index (χ1v) is 12.4. The number of ether oxygens (including phenoxy) is 4. The van der Waals surface area contributed by atoms with Gasteiger partial charge in [0.25, 0.3) is 5.88 Å². The molecule has 1 N–H and O–H groups in total. The molecule has 0 saturated heterocycles. The lowest BCUT2D eigenvalue weighted by Crippen LogP contribution is -2.16. The molecule has 2 aromatic heterocycles. The van der Waals surface area contributed by atoms with Crippen LogP contribution in [0.25, 0.3) is 11.6 Å². The van der Waals surface area contributed by atoms with E-state index in [4.69, 9.17) is 18.9 Å². The normalized spacial score (nSPS) is 10.3. The molecule has 0 fully saturated rings. The minimum atomic E-state index is -2.90. The van der Waals surface area contributed by atoms with Crippen LogP contribution in [0.2, 0.25) is 0 Å². The van der Waals surface area contributed by atoms with Crippen molar-refractivity contribution in [2.45, 2.75) is 6.42 Å². The van der Waals surface area contributed by atoms with E-state index in [2.05, 4.69) is 29.6 Å². The first-order valence-electron chi connectivity index (χ1n) is 11.4. The van der Waals surface area contributed by atoms with Gasteiger partial charge in [-0.3, -0.25) is 4.79 Å². The highest BCUT2D eigenvalue weighted by Gasteiger charge is 2.22. The van der Waals surface area contributed by atoms with Gasteiger partial charge in [0.15, 0.2) is 17.3 Å². The fourth-order valence-electron chi connectivity index (χ4n) is 3.27. The predicted octanol–water partition coefficient (Wildman–Crippen LogP) is 3.84. The van der Waals surface area contributed by atoms with E-state index in [1.54, 1.807) is 54.6 Å². The van der Waals surface area contributed by atoms with Gasteiger partial charge in [-0.25, -0.2) is 15.0 Å². The van der Waals surface area contributed by atoms with Crippen LogP contribution in [0.4, 0.5) is 11.5 Å². The molecule has 39 heavy (non-hydrogen) atoms. The fraction of sp³-hybridized carbons (Fsp3) is 0.160. The van der Waals surface area contributed by atoms with Crippen molar-refractivity contribution >= 4 is 27.9 Å². The standard InChI is InChI=1S/C25H22N6O7S/c1-35-17-9-4-3-8-16(17)28-20(32)12-15-37-25-21(38-19-11-6-5-10-18(19)36-2)22(31-39(33)34)29-24(30-25)23-26-13-7-14-27-23/h3-11,13-14H,12,15H2,1-2H3,(H,28,32). The molecule has 14 heteroatoms. The van der Waals surface area contributed by atoms with E-state index in [1.807, 2.05) is 0 Å². The van der Waals surface area contributed by atoms with Crippen LogP contribution in [-0.4, -0.2) is 55.1 Å². The number of rotatable bonds is 11. The van der Waals surface area contributed by atoms with Gasteiger partial charge in [0.05, 0.1) is 32.9 Å². The Morgan fingerprint density at radius 3 is 2.23 bits per heavy atom. The molecule has 0 radical (unpaired) electrons. The summed E-state index contributed by atoms with van der Waals surface area (Å²) in [5.41, 5.74) is 0.495. The second-order valence-corrected chi connectivity index (χ2v) is 8.10. The van der Waals surface area contributed by atoms with E-state index in [-0.39, 0.29) is 53.8 Å². The zero-order valence-electron chi connectivity index (χ0n) is 20.8. The van der Waals surface area contributed by atoms with Crippen LogP contribution in [0.3, 0.4) is 0 Å². The van der Waals surface area contributed by atoms with Gasteiger partial charge in [0.2, 0.25) is 23.3 Å². The molecule has 0 spiro atoms. The maximum atomic E-state index is 12.6. The van der Waals surface area contributed by atoms with Crippen LogP contribution < -0.4 is 24.3 Å². The molecule has 0 atom stereocenters. The van der Waals surface area contributed by atoms with Crippen LogP contribution in [0, 0.1) is 0 Å². The number of para-hydroxylation sites is 4. The molecule has 2 aromatic carbocycles. The Balaban J connectivity index is 1.67. The van der Waals surface area contributed by atoms with Crippen molar-refractivity contribution in [3.05, 3.63) is 67.0 Å². The van der Waals surface area contributed by atoms with Gasteiger partial charge >= 0.3 is 10.5 Å². The molecule has 4 aromatic rings. The summed E-state index contributed by atoms with van der Waals surface area (Å²) in [4.78, 5) is 29.3. The van der Waals surface area contributed by atoms with Crippen molar-refractivity contribution in [2.24, 2.45) is 4.36 Å². The molecule has 0 aliphatic rings. The number of hydrogen-bond acceptors (Lipinski definition) is 12. The molecule has 2 heterocycles. The Hall–Kier alpha value is -5.11. The van der Waals surface area contributed by atoms with Gasteiger partial charge in [-0.1, -0.05) is 24.3 Å². The molecule has 13 nitrogen and oxygen atoms in total. The summed E-state index contributed by atoms with van der Waals surface area (Å²) < 4.78 is 48.9. The van der Waals surface area contributed by atoms with E-state index >= 15 is 0 Å². The Labute approximate surface area is 224 Å². The Kier molecular flexibility index (Phi) is 8.92. The molecule has 0 unspecified atom stereocenters. The average Bonchev–Trinajstić information content (AvgIpc) is 2.95. The third kappa shape index (κ3) is 7.01. The maximum absolute atomic E-state index is 12.6. The first-order chi connectivity index (χ1) is 19.0. The van der Waals surface area contributed by atoms with Crippen LogP contribution in [0.15, 0.2) is 71.4 Å². The van der Waals surface area contributed by atoms with Gasteiger partial charge in [-0.2, -0.15) is 13.4 Å². The maximum Gasteiger partial charge on any atom is 0.318 e. The van der Waals surface area contributed by atoms with Gasteiger partial charge in [-0.05, 0) is 30.3 Å². The second kappa shape index (κ2) is 12.9. The molecule has 4 rings (SSSR count). The van der Waals surface area contributed by atoms with E-state index < -0.39 is 10.5 Å². The summed E-state index contributed by atoms with van der Waals surface area (Å²) in [5.74, 6) is -0.0314. The number of benzene rings is 2. The quantitative estimate of drug-likeness (QED) is 0.288. The van der Waals surface area contributed by atoms with Crippen molar-refractivity contribution in [3.63, 3.8) is 0 Å². The first kappa shape index (κ1) is 26.9.